The molecule has 3 N–H and O–H groups in total. The smallest absolute Gasteiger partial charge is 0.319 e. The lowest BCUT2D eigenvalue weighted by Gasteiger charge is -2.12. The van der Waals surface area contributed by atoms with Crippen LogP contribution >= 0.6 is 0 Å². The van der Waals surface area contributed by atoms with E-state index in [1.165, 1.54) is 12.1 Å². The summed E-state index contributed by atoms with van der Waals surface area (Å²) >= 11 is 0. The van der Waals surface area contributed by atoms with Gasteiger partial charge in [0.15, 0.2) is 0 Å². The highest BCUT2D eigenvalue weighted by atomic mass is 19.1. The largest absolute Gasteiger partial charge is 0.384 e. The van der Waals surface area contributed by atoms with Gasteiger partial charge in [0.05, 0.1) is 18.3 Å². The van der Waals surface area contributed by atoms with Gasteiger partial charge in [0.1, 0.15) is 12.4 Å². The van der Waals surface area contributed by atoms with E-state index in [0.29, 0.717) is 18.8 Å². The van der Waals surface area contributed by atoms with Crippen LogP contribution in [0.1, 0.15) is 12.0 Å². The molecule has 0 spiro atoms. The van der Waals surface area contributed by atoms with Crippen molar-refractivity contribution in [2.45, 2.75) is 12.5 Å². The molecule has 2 rings (SSSR count). The first-order valence-corrected chi connectivity index (χ1v) is 6.23. The number of anilines is 1. The normalized spacial score (nSPS) is 17.2. The van der Waals surface area contributed by atoms with Gasteiger partial charge in [0, 0.05) is 12.2 Å². The van der Waals surface area contributed by atoms with E-state index in [0.717, 1.165) is 6.42 Å². The van der Waals surface area contributed by atoms with Gasteiger partial charge in [-0.05, 0) is 24.6 Å². The van der Waals surface area contributed by atoms with Crippen molar-refractivity contribution in [1.29, 1.82) is 0 Å². The summed E-state index contributed by atoms with van der Waals surface area (Å²) in [6, 6.07) is 3.71. The topological polar surface area (TPSA) is 70.6 Å². The zero-order valence-electron chi connectivity index (χ0n) is 10.8. The number of aliphatic hydroxyl groups is 1. The van der Waals surface area contributed by atoms with Crippen molar-refractivity contribution < 1.29 is 19.0 Å². The van der Waals surface area contributed by atoms with Crippen molar-refractivity contribution in [3.63, 3.8) is 0 Å². The molecule has 0 radical (unpaired) electrons. The lowest BCUT2D eigenvalue weighted by Crippen LogP contribution is -2.38. The summed E-state index contributed by atoms with van der Waals surface area (Å²) in [5.74, 6) is 4.44. The minimum absolute atomic E-state index is 0.0345. The number of urea groups is 1. The van der Waals surface area contributed by atoms with Gasteiger partial charge in [0.2, 0.25) is 0 Å². The Kier molecular flexibility index (Phi) is 4.93. The van der Waals surface area contributed by atoms with E-state index in [-0.39, 0.29) is 18.3 Å². The minimum Gasteiger partial charge on any atom is -0.384 e. The number of halogens is 1. The highest BCUT2D eigenvalue weighted by Gasteiger charge is 2.18. The second-order valence-corrected chi connectivity index (χ2v) is 4.31. The SMILES string of the molecule is O=C(Nc1ccc(C#CCO)cc1F)NC1CCOC1. The molecule has 0 aromatic heterocycles. The number of amides is 2. The molecule has 20 heavy (non-hydrogen) atoms. The fraction of sp³-hybridized carbons (Fsp3) is 0.357. The Morgan fingerprint density at radius 1 is 1.55 bits per heavy atom. The predicted octanol–water partition coefficient (Wildman–Crippen LogP) is 1.08. The van der Waals surface area contributed by atoms with Crippen LogP contribution in [-0.2, 0) is 4.74 Å². The molecular formula is C14H15FN2O3. The molecule has 1 saturated heterocycles. The van der Waals surface area contributed by atoms with Crippen LogP contribution in [-0.4, -0.2) is 37.0 Å². The molecule has 1 unspecified atom stereocenters. The molecule has 1 aromatic carbocycles. The number of hydrogen-bond acceptors (Lipinski definition) is 3. The van der Waals surface area contributed by atoms with Crippen LogP contribution < -0.4 is 10.6 Å². The zero-order chi connectivity index (χ0) is 14.4. The number of carbonyl (C=O) groups excluding carboxylic acids is 1. The number of nitrogens with one attached hydrogen (secondary N) is 2. The Labute approximate surface area is 116 Å². The fourth-order valence-electron chi connectivity index (χ4n) is 1.83. The Morgan fingerprint density at radius 3 is 3.05 bits per heavy atom. The van der Waals surface area contributed by atoms with Gasteiger partial charge in [-0.3, -0.25) is 0 Å². The number of rotatable bonds is 2. The number of aliphatic hydroxyl groups excluding tert-OH is 1. The molecule has 106 valence electrons. The van der Waals surface area contributed by atoms with Crippen molar-refractivity contribution in [2.24, 2.45) is 0 Å². The molecule has 2 amide bonds. The van der Waals surface area contributed by atoms with Crippen LogP contribution in [0.25, 0.3) is 0 Å². The van der Waals surface area contributed by atoms with Gasteiger partial charge in [-0.15, -0.1) is 0 Å². The van der Waals surface area contributed by atoms with E-state index < -0.39 is 11.8 Å². The summed E-state index contributed by atoms with van der Waals surface area (Å²) in [5.41, 5.74) is 0.516. The van der Waals surface area contributed by atoms with Crippen molar-refractivity contribution in [1.82, 2.24) is 5.32 Å². The van der Waals surface area contributed by atoms with E-state index in [9.17, 15) is 9.18 Å². The molecule has 1 heterocycles. The summed E-state index contributed by atoms with van der Waals surface area (Å²) in [4.78, 5) is 11.7. The van der Waals surface area contributed by atoms with E-state index in [4.69, 9.17) is 9.84 Å². The standard InChI is InChI=1S/C14H15FN2O3/c15-12-8-10(2-1-6-18)3-4-13(12)17-14(19)16-11-5-7-20-9-11/h3-4,8,11,18H,5-7,9H2,(H2,16,17,19). The first kappa shape index (κ1) is 14.3. The van der Waals surface area contributed by atoms with Gasteiger partial charge in [-0.25, -0.2) is 9.18 Å². The van der Waals surface area contributed by atoms with E-state index in [1.54, 1.807) is 6.07 Å². The maximum Gasteiger partial charge on any atom is 0.319 e. The zero-order valence-corrected chi connectivity index (χ0v) is 10.8. The molecule has 1 aromatic rings. The lowest BCUT2D eigenvalue weighted by molar-refractivity contribution is 0.189. The second kappa shape index (κ2) is 6.89. The van der Waals surface area contributed by atoms with Crippen molar-refractivity contribution in [3.8, 4) is 11.8 Å². The van der Waals surface area contributed by atoms with Crippen LogP contribution in [0.15, 0.2) is 18.2 Å². The number of carbonyl (C=O) groups is 1. The maximum atomic E-state index is 13.8. The summed E-state index contributed by atoms with van der Waals surface area (Å²) in [6.07, 6.45) is 0.756. The lowest BCUT2D eigenvalue weighted by atomic mass is 10.2. The molecule has 0 aliphatic carbocycles. The summed E-state index contributed by atoms with van der Waals surface area (Å²) < 4.78 is 18.9. The summed E-state index contributed by atoms with van der Waals surface area (Å²) in [5, 5.41) is 13.7. The molecule has 0 bridgehead atoms. The number of benzene rings is 1. The number of ether oxygens (including phenoxy) is 1. The van der Waals surface area contributed by atoms with Crippen LogP contribution in [0.3, 0.4) is 0 Å². The highest BCUT2D eigenvalue weighted by molar-refractivity contribution is 5.89. The predicted molar refractivity (Wildman–Crippen MR) is 71.7 cm³/mol. The van der Waals surface area contributed by atoms with Crippen LogP contribution in [0.2, 0.25) is 0 Å². The maximum absolute atomic E-state index is 13.8. The van der Waals surface area contributed by atoms with Gasteiger partial charge in [-0.2, -0.15) is 0 Å². The molecule has 1 fully saturated rings. The van der Waals surface area contributed by atoms with Crippen LogP contribution in [0.5, 0.6) is 0 Å². The van der Waals surface area contributed by atoms with Crippen molar-refractivity contribution in [2.75, 3.05) is 25.1 Å². The monoisotopic (exact) mass is 278 g/mol. The molecule has 1 atom stereocenters. The average Bonchev–Trinajstić information content (AvgIpc) is 2.92. The third kappa shape index (κ3) is 3.95. The molecule has 1 aliphatic heterocycles. The fourth-order valence-corrected chi connectivity index (χ4v) is 1.83. The molecule has 5 nitrogen and oxygen atoms in total. The Morgan fingerprint density at radius 2 is 2.40 bits per heavy atom. The second-order valence-electron chi connectivity index (χ2n) is 4.31. The molecular weight excluding hydrogens is 263 g/mol. The van der Waals surface area contributed by atoms with Crippen molar-refractivity contribution in [3.05, 3.63) is 29.6 Å². The first-order chi connectivity index (χ1) is 9.69. The summed E-state index contributed by atoms with van der Waals surface area (Å²) in [7, 11) is 0. The minimum atomic E-state index is -0.576. The van der Waals surface area contributed by atoms with Gasteiger partial charge in [0.25, 0.3) is 0 Å². The van der Waals surface area contributed by atoms with Crippen molar-refractivity contribution >= 4 is 11.7 Å². The van der Waals surface area contributed by atoms with Gasteiger partial charge in [-0.1, -0.05) is 11.8 Å². The quantitative estimate of drug-likeness (QED) is 0.709. The van der Waals surface area contributed by atoms with Gasteiger partial charge >= 0.3 is 6.03 Å². The van der Waals surface area contributed by atoms with Gasteiger partial charge < -0.3 is 20.5 Å². The number of hydrogen-bond donors (Lipinski definition) is 3. The summed E-state index contributed by atoms with van der Waals surface area (Å²) in [6.45, 7) is 0.816. The van der Waals surface area contributed by atoms with E-state index in [1.807, 2.05) is 0 Å². The first-order valence-electron chi connectivity index (χ1n) is 6.23. The Bertz CT molecular complexity index is 545. The average molecular weight is 278 g/mol. The molecule has 0 saturated carbocycles. The van der Waals surface area contributed by atoms with Crippen LogP contribution in [0, 0.1) is 17.7 Å². The molecule has 1 aliphatic rings. The third-order valence-electron chi connectivity index (χ3n) is 2.79. The third-order valence-corrected chi connectivity index (χ3v) is 2.79. The van der Waals surface area contributed by atoms with E-state index >= 15 is 0 Å². The molecule has 6 heteroatoms. The highest BCUT2D eigenvalue weighted by Crippen LogP contribution is 2.15. The van der Waals surface area contributed by atoms with Crippen LogP contribution in [0.4, 0.5) is 14.9 Å². The Hall–Kier alpha value is -2.10. The Balaban J connectivity index is 1.96. The van der Waals surface area contributed by atoms with E-state index in [2.05, 4.69) is 22.5 Å².